The van der Waals surface area contributed by atoms with E-state index in [4.69, 9.17) is 55.9 Å². The lowest BCUT2D eigenvalue weighted by Gasteiger charge is -2.10. The SMILES string of the molecule is CC(=O)Oc1c(Cl)cc(C(=O)c2ccc(-c3ccc(C(=O)c4cc(Cl)c(OC(C)=O)c(Cl)c4)cc3)cc2)cc1Cl. The third kappa shape index (κ3) is 6.54. The molecule has 0 atom stereocenters. The molecule has 6 nitrogen and oxygen atoms in total. The van der Waals surface area contributed by atoms with Crippen LogP contribution in [0.1, 0.15) is 45.7 Å². The molecule has 202 valence electrons. The quantitative estimate of drug-likeness (QED) is 0.118. The minimum absolute atomic E-state index is 0.00475. The smallest absolute Gasteiger partial charge is 0.308 e. The predicted octanol–water partition coefficient (Wildman–Crippen LogP) is 8.28. The molecule has 0 saturated carbocycles. The van der Waals surface area contributed by atoms with Crippen molar-refractivity contribution in [2.24, 2.45) is 0 Å². The molecule has 0 bridgehead atoms. The molecule has 0 aliphatic heterocycles. The van der Waals surface area contributed by atoms with Gasteiger partial charge in [0.15, 0.2) is 23.1 Å². The summed E-state index contributed by atoms with van der Waals surface area (Å²) in [6.45, 7) is 2.44. The van der Waals surface area contributed by atoms with Crippen LogP contribution in [0.25, 0.3) is 11.1 Å². The first kappa shape index (κ1) is 29.3. The normalized spacial score (nSPS) is 10.7. The Morgan fingerprint density at radius 3 is 1.00 bits per heavy atom. The van der Waals surface area contributed by atoms with Gasteiger partial charge in [0.05, 0.1) is 20.1 Å². The summed E-state index contributed by atoms with van der Waals surface area (Å²) in [5.74, 6) is -1.81. The average Bonchev–Trinajstić information content (AvgIpc) is 2.91. The highest BCUT2D eigenvalue weighted by Crippen LogP contribution is 2.36. The second kappa shape index (κ2) is 12.2. The van der Waals surface area contributed by atoms with Crippen molar-refractivity contribution < 1.29 is 28.7 Å². The van der Waals surface area contributed by atoms with Crippen molar-refractivity contribution in [2.45, 2.75) is 13.8 Å². The fraction of sp³-hybridized carbons (Fsp3) is 0.0667. The monoisotopic (exact) mass is 614 g/mol. The predicted molar refractivity (Wildman–Crippen MR) is 154 cm³/mol. The number of ketones is 2. The van der Waals surface area contributed by atoms with Gasteiger partial charge in [-0.1, -0.05) is 94.9 Å². The van der Waals surface area contributed by atoms with E-state index in [1.165, 1.54) is 38.1 Å². The molecule has 0 aliphatic carbocycles. The molecule has 0 amide bonds. The van der Waals surface area contributed by atoms with Gasteiger partial charge in [-0.25, -0.2) is 0 Å². The number of carbonyl (C=O) groups excluding carboxylic acids is 4. The third-order valence-electron chi connectivity index (χ3n) is 5.64. The Bertz CT molecular complexity index is 1490. The van der Waals surface area contributed by atoms with Crippen LogP contribution < -0.4 is 9.47 Å². The van der Waals surface area contributed by atoms with Crippen LogP contribution >= 0.6 is 46.4 Å². The van der Waals surface area contributed by atoms with Gasteiger partial charge >= 0.3 is 11.9 Å². The zero-order valence-corrected chi connectivity index (χ0v) is 23.9. The molecular weight excluding hydrogens is 598 g/mol. The number of rotatable bonds is 7. The fourth-order valence-electron chi connectivity index (χ4n) is 3.83. The Morgan fingerprint density at radius 2 is 0.750 bits per heavy atom. The van der Waals surface area contributed by atoms with Gasteiger partial charge in [0, 0.05) is 36.1 Å². The number of benzene rings is 4. The van der Waals surface area contributed by atoms with Crippen molar-refractivity contribution in [2.75, 3.05) is 0 Å². The van der Waals surface area contributed by atoms with Crippen molar-refractivity contribution in [3.8, 4) is 22.6 Å². The summed E-state index contributed by atoms with van der Waals surface area (Å²) in [6.07, 6.45) is 0. The van der Waals surface area contributed by atoms with Crippen molar-refractivity contribution >= 4 is 69.9 Å². The van der Waals surface area contributed by atoms with Crippen molar-refractivity contribution in [3.63, 3.8) is 0 Å². The molecule has 40 heavy (non-hydrogen) atoms. The van der Waals surface area contributed by atoms with Gasteiger partial charge in [-0.15, -0.1) is 0 Å². The molecular formula is C30H18Cl4O6. The minimum Gasteiger partial charge on any atom is -0.424 e. The average molecular weight is 616 g/mol. The van der Waals surface area contributed by atoms with Crippen molar-refractivity contribution in [1.29, 1.82) is 0 Å². The van der Waals surface area contributed by atoms with Crippen molar-refractivity contribution in [1.82, 2.24) is 0 Å². The summed E-state index contributed by atoms with van der Waals surface area (Å²) in [5.41, 5.74) is 2.90. The van der Waals surface area contributed by atoms with E-state index in [2.05, 4.69) is 0 Å². The summed E-state index contributed by atoms with van der Waals surface area (Å²) in [5, 5.41) is 0.175. The number of ether oxygens (including phenoxy) is 2. The molecule has 0 spiro atoms. The van der Waals surface area contributed by atoms with Crippen LogP contribution in [0.15, 0.2) is 72.8 Å². The first-order valence-electron chi connectivity index (χ1n) is 11.6. The van der Waals surface area contributed by atoms with Crippen LogP contribution in [0.3, 0.4) is 0 Å². The van der Waals surface area contributed by atoms with E-state index in [0.717, 1.165) is 11.1 Å². The molecule has 0 heterocycles. The molecule has 0 aliphatic rings. The van der Waals surface area contributed by atoms with Crippen LogP contribution in [0.5, 0.6) is 11.5 Å². The van der Waals surface area contributed by atoms with E-state index < -0.39 is 11.9 Å². The number of hydrogen-bond donors (Lipinski definition) is 0. The first-order chi connectivity index (χ1) is 18.9. The molecule has 0 N–H and O–H groups in total. The van der Waals surface area contributed by atoms with E-state index in [0.29, 0.717) is 11.1 Å². The Hall–Kier alpha value is -3.68. The number of esters is 2. The lowest BCUT2D eigenvalue weighted by atomic mass is 9.97. The summed E-state index contributed by atoms with van der Waals surface area (Å²) in [6, 6.07) is 19.3. The number of hydrogen-bond acceptors (Lipinski definition) is 6. The van der Waals surface area contributed by atoms with Gasteiger partial charge in [-0.2, -0.15) is 0 Å². The zero-order valence-electron chi connectivity index (χ0n) is 20.9. The molecule has 4 aromatic rings. The standard InChI is InChI=1S/C30H18Cl4O6/c1-15(35)39-29-23(31)11-21(12-24(29)32)27(37)19-7-3-17(4-8-19)18-5-9-20(10-6-18)28(38)22-13-25(33)30(26(34)14-22)40-16(2)36/h3-14H,1-2H3. The first-order valence-corrected chi connectivity index (χ1v) is 13.1. The van der Waals surface area contributed by atoms with Crippen LogP contribution in [0.2, 0.25) is 20.1 Å². The summed E-state index contributed by atoms with van der Waals surface area (Å²) in [7, 11) is 0. The highest BCUT2D eigenvalue weighted by atomic mass is 35.5. The van der Waals surface area contributed by atoms with E-state index >= 15 is 0 Å². The van der Waals surface area contributed by atoms with E-state index in [1.54, 1.807) is 48.5 Å². The lowest BCUT2D eigenvalue weighted by molar-refractivity contribution is -0.132. The second-order valence-corrected chi connectivity index (χ2v) is 10.2. The Labute approximate surface area is 249 Å². The van der Waals surface area contributed by atoms with Crippen LogP contribution in [-0.2, 0) is 9.59 Å². The van der Waals surface area contributed by atoms with E-state index in [-0.39, 0.29) is 54.3 Å². The lowest BCUT2D eigenvalue weighted by Crippen LogP contribution is -2.05. The Morgan fingerprint density at radius 1 is 0.475 bits per heavy atom. The molecule has 0 radical (unpaired) electrons. The Balaban J connectivity index is 1.51. The second-order valence-electron chi connectivity index (χ2n) is 8.54. The molecule has 0 fully saturated rings. The van der Waals surface area contributed by atoms with E-state index in [1.807, 2.05) is 0 Å². The maximum Gasteiger partial charge on any atom is 0.308 e. The zero-order chi connectivity index (χ0) is 29.1. The molecule has 10 heteroatoms. The fourth-order valence-corrected chi connectivity index (χ4v) is 4.95. The van der Waals surface area contributed by atoms with Gasteiger partial charge in [-0.3, -0.25) is 19.2 Å². The highest BCUT2D eigenvalue weighted by Gasteiger charge is 2.18. The highest BCUT2D eigenvalue weighted by molar-refractivity contribution is 6.39. The molecule has 0 unspecified atom stereocenters. The van der Waals surface area contributed by atoms with Crippen LogP contribution in [-0.4, -0.2) is 23.5 Å². The summed E-state index contributed by atoms with van der Waals surface area (Å²) in [4.78, 5) is 48.5. The minimum atomic E-state index is -0.584. The molecule has 4 rings (SSSR count). The number of halogens is 4. The largest absolute Gasteiger partial charge is 0.424 e. The molecule has 0 saturated heterocycles. The maximum atomic E-state index is 13.0. The maximum absolute atomic E-state index is 13.0. The van der Waals surface area contributed by atoms with Crippen LogP contribution in [0.4, 0.5) is 0 Å². The number of carbonyl (C=O) groups is 4. The van der Waals surface area contributed by atoms with Gasteiger partial charge in [-0.05, 0) is 35.4 Å². The van der Waals surface area contributed by atoms with E-state index in [9.17, 15) is 19.2 Å². The van der Waals surface area contributed by atoms with Crippen molar-refractivity contribution in [3.05, 3.63) is 115 Å². The van der Waals surface area contributed by atoms with Gasteiger partial charge in [0.2, 0.25) is 0 Å². The summed E-state index contributed by atoms with van der Waals surface area (Å²) >= 11 is 24.6. The summed E-state index contributed by atoms with van der Waals surface area (Å²) < 4.78 is 9.99. The molecule has 0 aromatic heterocycles. The third-order valence-corrected chi connectivity index (χ3v) is 6.76. The topological polar surface area (TPSA) is 86.7 Å². The van der Waals surface area contributed by atoms with Gasteiger partial charge in [0.25, 0.3) is 0 Å². The van der Waals surface area contributed by atoms with Crippen LogP contribution in [0, 0.1) is 0 Å². The molecule has 4 aromatic carbocycles. The van der Waals surface area contributed by atoms with Gasteiger partial charge in [0.1, 0.15) is 0 Å². The Kier molecular flexibility index (Phi) is 8.96. The van der Waals surface area contributed by atoms with Gasteiger partial charge < -0.3 is 9.47 Å².